The zero-order valence-electron chi connectivity index (χ0n) is 12.4. The second kappa shape index (κ2) is 7.51. The summed E-state index contributed by atoms with van der Waals surface area (Å²) < 4.78 is 10.7. The van der Waals surface area contributed by atoms with Crippen LogP contribution in [0.5, 0.6) is 5.75 Å². The van der Waals surface area contributed by atoms with Gasteiger partial charge in [0.25, 0.3) is 0 Å². The third-order valence-corrected chi connectivity index (χ3v) is 3.36. The SMILES string of the molecule is Cc1cc(CCCOc2cc(Cl)c(/C(N)=N/O)c(C#N)c2)on1. The zero-order valence-corrected chi connectivity index (χ0v) is 13.2. The second-order valence-electron chi connectivity index (χ2n) is 4.81. The Morgan fingerprint density at radius 3 is 2.91 bits per heavy atom. The quantitative estimate of drug-likeness (QED) is 0.275. The van der Waals surface area contributed by atoms with Crippen LogP contribution in [0.15, 0.2) is 27.9 Å². The molecule has 0 saturated heterocycles. The van der Waals surface area contributed by atoms with E-state index in [1.165, 1.54) is 12.1 Å². The van der Waals surface area contributed by atoms with Gasteiger partial charge in [-0.1, -0.05) is 21.9 Å². The molecule has 1 heterocycles. The predicted octanol–water partition coefficient (Wildman–Crippen LogP) is 2.61. The average molecular weight is 335 g/mol. The van der Waals surface area contributed by atoms with E-state index in [9.17, 15) is 0 Å². The molecule has 1 aromatic heterocycles. The molecule has 3 N–H and O–H groups in total. The van der Waals surface area contributed by atoms with Gasteiger partial charge < -0.3 is 20.2 Å². The van der Waals surface area contributed by atoms with Gasteiger partial charge in [0.05, 0.1) is 28.5 Å². The minimum absolute atomic E-state index is 0.175. The lowest BCUT2D eigenvalue weighted by Gasteiger charge is -2.10. The fourth-order valence-corrected chi connectivity index (χ4v) is 2.34. The van der Waals surface area contributed by atoms with Crippen molar-refractivity contribution in [1.29, 1.82) is 5.26 Å². The monoisotopic (exact) mass is 334 g/mol. The highest BCUT2D eigenvalue weighted by Crippen LogP contribution is 2.26. The molecule has 1 aromatic carbocycles. The van der Waals surface area contributed by atoms with Crippen molar-refractivity contribution in [1.82, 2.24) is 5.16 Å². The molecule has 0 amide bonds. The number of nitrogens with two attached hydrogens (primary N) is 1. The van der Waals surface area contributed by atoms with Crippen molar-refractivity contribution < 1.29 is 14.5 Å². The van der Waals surface area contributed by atoms with Crippen molar-refractivity contribution >= 4 is 17.4 Å². The summed E-state index contributed by atoms with van der Waals surface area (Å²) in [5.74, 6) is 1.01. The molecule has 0 radical (unpaired) electrons. The van der Waals surface area contributed by atoms with Crippen molar-refractivity contribution in [3.8, 4) is 11.8 Å². The van der Waals surface area contributed by atoms with Gasteiger partial charge in [-0.3, -0.25) is 0 Å². The van der Waals surface area contributed by atoms with E-state index in [4.69, 9.17) is 37.1 Å². The molecule has 0 spiro atoms. The first kappa shape index (κ1) is 16.6. The summed E-state index contributed by atoms with van der Waals surface area (Å²) in [5.41, 5.74) is 6.71. The summed E-state index contributed by atoms with van der Waals surface area (Å²) in [6, 6.07) is 6.84. The average Bonchev–Trinajstić information content (AvgIpc) is 2.95. The molecule has 0 fully saturated rings. The lowest BCUT2D eigenvalue weighted by Crippen LogP contribution is -2.15. The van der Waals surface area contributed by atoms with Crippen LogP contribution in [0.3, 0.4) is 0 Å². The Bertz CT molecular complexity index is 765. The Labute approximate surface area is 137 Å². The maximum absolute atomic E-state index is 9.16. The number of rotatable bonds is 6. The first-order chi connectivity index (χ1) is 11.0. The molecule has 0 unspecified atom stereocenters. The number of hydrogen-bond donors (Lipinski definition) is 2. The van der Waals surface area contributed by atoms with Gasteiger partial charge in [-0.2, -0.15) is 5.26 Å². The Morgan fingerprint density at radius 1 is 1.52 bits per heavy atom. The molecule has 7 nitrogen and oxygen atoms in total. The van der Waals surface area contributed by atoms with Crippen LogP contribution in [0.25, 0.3) is 0 Å². The van der Waals surface area contributed by atoms with Crippen LogP contribution in [0.1, 0.15) is 29.0 Å². The van der Waals surface area contributed by atoms with Crippen molar-refractivity contribution in [3.05, 3.63) is 45.8 Å². The maximum Gasteiger partial charge on any atom is 0.172 e. The van der Waals surface area contributed by atoms with Crippen LogP contribution in [-0.2, 0) is 6.42 Å². The third-order valence-electron chi connectivity index (χ3n) is 3.06. The fourth-order valence-electron chi connectivity index (χ4n) is 2.03. The van der Waals surface area contributed by atoms with Crippen LogP contribution in [0.4, 0.5) is 0 Å². The summed E-state index contributed by atoms with van der Waals surface area (Å²) in [5, 5.41) is 24.8. The van der Waals surface area contributed by atoms with E-state index in [0.29, 0.717) is 18.8 Å². The van der Waals surface area contributed by atoms with E-state index in [1.54, 1.807) is 0 Å². The van der Waals surface area contributed by atoms with E-state index >= 15 is 0 Å². The number of amidine groups is 1. The maximum atomic E-state index is 9.16. The lowest BCUT2D eigenvalue weighted by molar-refractivity contribution is 0.299. The number of oxime groups is 1. The third kappa shape index (κ3) is 4.14. The van der Waals surface area contributed by atoms with Gasteiger partial charge in [-0.05, 0) is 25.5 Å². The number of nitriles is 1. The smallest absolute Gasteiger partial charge is 0.172 e. The molecular weight excluding hydrogens is 320 g/mol. The topological polar surface area (TPSA) is 118 Å². The highest BCUT2D eigenvalue weighted by Gasteiger charge is 2.14. The molecule has 0 atom stereocenters. The molecule has 2 rings (SSSR count). The normalized spacial score (nSPS) is 11.3. The van der Waals surface area contributed by atoms with Crippen molar-refractivity contribution in [2.75, 3.05) is 6.61 Å². The molecule has 0 aliphatic heterocycles. The van der Waals surface area contributed by atoms with Gasteiger partial charge in [-0.25, -0.2) is 0 Å². The largest absolute Gasteiger partial charge is 0.493 e. The summed E-state index contributed by atoms with van der Waals surface area (Å²) in [7, 11) is 0. The van der Waals surface area contributed by atoms with Crippen molar-refractivity contribution in [3.63, 3.8) is 0 Å². The van der Waals surface area contributed by atoms with Gasteiger partial charge in [0.15, 0.2) is 5.84 Å². The summed E-state index contributed by atoms with van der Waals surface area (Å²) in [6.45, 7) is 2.28. The molecule has 0 saturated carbocycles. The first-order valence-electron chi connectivity index (χ1n) is 6.81. The van der Waals surface area contributed by atoms with Crippen LogP contribution < -0.4 is 10.5 Å². The molecule has 0 bridgehead atoms. The number of halogens is 1. The van der Waals surface area contributed by atoms with E-state index in [0.717, 1.165) is 17.9 Å². The molecule has 0 aliphatic carbocycles. The van der Waals surface area contributed by atoms with Crippen LogP contribution in [0.2, 0.25) is 5.02 Å². The van der Waals surface area contributed by atoms with Crippen LogP contribution >= 0.6 is 11.6 Å². The Balaban J connectivity index is 2.01. The van der Waals surface area contributed by atoms with Gasteiger partial charge >= 0.3 is 0 Å². The molecule has 8 heteroatoms. The lowest BCUT2D eigenvalue weighted by atomic mass is 10.1. The Hall–Kier alpha value is -2.72. The van der Waals surface area contributed by atoms with E-state index in [2.05, 4.69) is 10.3 Å². The summed E-state index contributed by atoms with van der Waals surface area (Å²) >= 11 is 6.07. The second-order valence-corrected chi connectivity index (χ2v) is 5.22. The first-order valence-corrected chi connectivity index (χ1v) is 7.19. The van der Waals surface area contributed by atoms with Crippen LogP contribution in [0, 0.1) is 18.3 Å². The molecule has 0 aliphatic rings. The minimum atomic E-state index is -0.223. The zero-order chi connectivity index (χ0) is 16.8. The van der Waals surface area contributed by atoms with Crippen molar-refractivity contribution in [2.45, 2.75) is 19.8 Å². The molecular formula is C15H15ClN4O3. The number of aromatic nitrogens is 1. The van der Waals surface area contributed by atoms with Gasteiger partial charge in [0, 0.05) is 12.5 Å². The van der Waals surface area contributed by atoms with E-state index < -0.39 is 0 Å². The minimum Gasteiger partial charge on any atom is -0.493 e. The van der Waals surface area contributed by atoms with E-state index in [-0.39, 0.29) is 22.0 Å². The number of ether oxygens (including phenoxy) is 1. The highest BCUT2D eigenvalue weighted by molar-refractivity contribution is 6.34. The number of hydrogen-bond acceptors (Lipinski definition) is 6. The fraction of sp³-hybridized carbons (Fsp3) is 0.267. The number of benzene rings is 1. The molecule has 23 heavy (non-hydrogen) atoms. The number of aryl methyl sites for hydroxylation is 2. The van der Waals surface area contributed by atoms with Crippen molar-refractivity contribution in [2.24, 2.45) is 10.9 Å². The molecule has 2 aromatic rings. The predicted molar refractivity (Wildman–Crippen MR) is 83.7 cm³/mol. The standard InChI is InChI=1S/C15H15ClN4O3/c1-9-5-11(23-20-9)3-2-4-22-12-6-10(8-17)14(13(16)7-12)15(18)19-21/h5-7,21H,2-4H2,1H3,(H2,18,19). The van der Waals surface area contributed by atoms with Gasteiger partial charge in [0.2, 0.25) is 0 Å². The van der Waals surface area contributed by atoms with Gasteiger partial charge in [-0.15, -0.1) is 0 Å². The number of nitrogens with zero attached hydrogens (tertiary/aromatic N) is 3. The Morgan fingerprint density at radius 2 is 2.30 bits per heavy atom. The summed E-state index contributed by atoms with van der Waals surface area (Å²) in [4.78, 5) is 0. The van der Waals surface area contributed by atoms with Crippen LogP contribution in [-0.4, -0.2) is 22.8 Å². The van der Waals surface area contributed by atoms with E-state index in [1.807, 2.05) is 19.1 Å². The summed E-state index contributed by atoms with van der Waals surface area (Å²) in [6.07, 6.45) is 1.41. The Kier molecular flexibility index (Phi) is 5.44. The molecule has 120 valence electrons. The highest BCUT2D eigenvalue weighted by atomic mass is 35.5. The van der Waals surface area contributed by atoms with Gasteiger partial charge in [0.1, 0.15) is 17.6 Å².